The summed E-state index contributed by atoms with van der Waals surface area (Å²) in [4.78, 5) is 0. The molecule has 1 atom stereocenters. The molecule has 0 radical (unpaired) electrons. The maximum absolute atomic E-state index is 6.16. The van der Waals surface area contributed by atoms with Crippen molar-refractivity contribution in [3.05, 3.63) is 29.8 Å². The zero-order valence-electron chi connectivity index (χ0n) is 12.2. The van der Waals surface area contributed by atoms with Crippen LogP contribution in [0.4, 0.5) is 0 Å². The third-order valence-corrected chi connectivity index (χ3v) is 3.62. The minimum atomic E-state index is 0.0911. The highest BCUT2D eigenvalue weighted by Gasteiger charge is 2.29. The summed E-state index contributed by atoms with van der Waals surface area (Å²) in [7, 11) is 3.37. The molecule has 0 saturated heterocycles. The SMILES string of the molecule is COc1cccc(OC)c1C1=CC(N)CC(C)(C)C1. The largest absolute Gasteiger partial charge is 0.496 e. The molecule has 3 heteroatoms. The van der Waals surface area contributed by atoms with E-state index in [4.69, 9.17) is 15.2 Å². The van der Waals surface area contributed by atoms with Crippen LogP contribution in [0.25, 0.3) is 5.57 Å². The molecule has 1 aliphatic rings. The Morgan fingerprint density at radius 3 is 2.21 bits per heavy atom. The molecular weight excluding hydrogens is 238 g/mol. The lowest BCUT2D eigenvalue weighted by Gasteiger charge is -2.34. The molecule has 0 heterocycles. The molecule has 0 spiro atoms. The first kappa shape index (κ1) is 13.9. The number of ether oxygens (including phenoxy) is 2. The Bertz CT molecular complexity index is 469. The van der Waals surface area contributed by atoms with Gasteiger partial charge in [0.15, 0.2) is 0 Å². The van der Waals surface area contributed by atoms with Crippen LogP contribution in [0.5, 0.6) is 11.5 Å². The molecular formula is C16H23NO2. The van der Waals surface area contributed by atoms with E-state index in [1.165, 1.54) is 5.57 Å². The van der Waals surface area contributed by atoms with Gasteiger partial charge < -0.3 is 15.2 Å². The Kier molecular flexibility index (Phi) is 3.85. The third kappa shape index (κ3) is 2.92. The molecule has 19 heavy (non-hydrogen) atoms. The minimum absolute atomic E-state index is 0.0911. The maximum Gasteiger partial charge on any atom is 0.130 e. The summed E-state index contributed by atoms with van der Waals surface area (Å²) in [5.74, 6) is 1.69. The van der Waals surface area contributed by atoms with Gasteiger partial charge >= 0.3 is 0 Å². The van der Waals surface area contributed by atoms with Gasteiger partial charge in [0.2, 0.25) is 0 Å². The Morgan fingerprint density at radius 2 is 1.74 bits per heavy atom. The number of methoxy groups -OCH3 is 2. The normalized spacial score (nSPS) is 21.7. The standard InChI is InChI=1S/C16H23NO2/c1-16(2)9-11(8-12(17)10-16)15-13(18-3)6-5-7-14(15)19-4/h5-8,12H,9-10,17H2,1-4H3. The van der Waals surface area contributed by atoms with Gasteiger partial charge in [-0.05, 0) is 36.0 Å². The van der Waals surface area contributed by atoms with Crippen molar-refractivity contribution in [3.8, 4) is 11.5 Å². The van der Waals surface area contributed by atoms with E-state index in [0.29, 0.717) is 0 Å². The van der Waals surface area contributed by atoms with Crippen LogP contribution in [-0.2, 0) is 0 Å². The predicted molar refractivity (Wildman–Crippen MR) is 78.5 cm³/mol. The molecule has 0 amide bonds. The van der Waals surface area contributed by atoms with Crippen molar-refractivity contribution in [2.24, 2.45) is 11.1 Å². The van der Waals surface area contributed by atoms with Crippen molar-refractivity contribution in [3.63, 3.8) is 0 Å². The third-order valence-electron chi connectivity index (χ3n) is 3.62. The lowest BCUT2D eigenvalue weighted by molar-refractivity contribution is 0.317. The highest BCUT2D eigenvalue weighted by Crippen LogP contribution is 2.44. The van der Waals surface area contributed by atoms with Gasteiger partial charge in [0.25, 0.3) is 0 Å². The molecule has 0 saturated carbocycles. The fraction of sp³-hybridized carbons (Fsp3) is 0.500. The molecule has 0 bridgehead atoms. The molecule has 0 aromatic heterocycles. The molecule has 2 N–H and O–H groups in total. The summed E-state index contributed by atoms with van der Waals surface area (Å²) in [5.41, 5.74) is 8.62. The van der Waals surface area contributed by atoms with E-state index in [-0.39, 0.29) is 11.5 Å². The summed E-state index contributed by atoms with van der Waals surface area (Å²) in [6.07, 6.45) is 4.14. The fourth-order valence-corrected chi connectivity index (χ4v) is 2.94. The topological polar surface area (TPSA) is 44.5 Å². The molecule has 3 nitrogen and oxygen atoms in total. The van der Waals surface area contributed by atoms with Crippen LogP contribution in [0, 0.1) is 5.41 Å². The van der Waals surface area contributed by atoms with E-state index in [1.54, 1.807) is 14.2 Å². The van der Waals surface area contributed by atoms with Crippen molar-refractivity contribution < 1.29 is 9.47 Å². The Balaban J connectivity index is 2.51. The number of benzene rings is 1. The van der Waals surface area contributed by atoms with Crippen molar-refractivity contribution in [2.45, 2.75) is 32.7 Å². The monoisotopic (exact) mass is 261 g/mol. The van der Waals surface area contributed by atoms with E-state index in [1.807, 2.05) is 18.2 Å². The number of hydrogen-bond acceptors (Lipinski definition) is 3. The van der Waals surface area contributed by atoms with Gasteiger partial charge in [0.05, 0.1) is 19.8 Å². The van der Waals surface area contributed by atoms with Crippen molar-refractivity contribution in [1.82, 2.24) is 0 Å². The van der Waals surface area contributed by atoms with Crippen LogP contribution in [-0.4, -0.2) is 20.3 Å². The average Bonchev–Trinajstić information content (AvgIpc) is 2.35. The quantitative estimate of drug-likeness (QED) is 0.908. The highest BCUT2D eigenvalue weighted by molar-refractivity contribution is 5.76. The molecule has 1 aromatic carbocycles. The fourth-order valence-electron chi connectivity index (χ4n) is 2.94. The first-order chi connectivity index (χ1) is 8.96. The van der Waals surface area contributed by atoms with Gasteiger partial charge in [-0.1, -0.05) is 26.0 Å². The van der Waals surface area contributed by atoms with Crippen LogP contribution in [0.3, 0.4) is 0 Å². The predicted octanol–water partition coefficient (Wildman–Crippen LogP) is 3.23. The zero-order valence-corrected chi connectivity index (χ0v) is 12.2. The van der Waals surface area contributed by atoms with Crippen molar-refractivity contribution in [1.29, 1.82) is 0 Å². The summed E-state index contributed by atoms with van der Waals surface area (Å²) >= 11 is 0. The average molecular weight is 261 g/mol. The first-order valence-corrected chi connectivity index (χ1v) is 6.64. The second-order valence-electron chi connectivity index (χ2n) is 5.94. The number of allylic oxidation sites excluding steroid dienone is 1. The van der Waals surface area contributed by atoms with Crippen molar-refractivity contribution >= 4 is 5.57 Å². The molecule has 2 rings (SSSR count). The van der Waals surface area contributed by atoms with Gasteiger partial charge in [0.1, 0.15) is 11.5 Å². The summed E-state index contributed by atoms with van der Waals surface area (Å²) < 4.78 is 11.0. The van der Waals surface area contributed by atoms with Crippen molar-refractivity contribution in [2.75, 3.05) is 14.2 Å². The van der Waals surface area contributed by atoms with E-state index in [0.717, 1.165) is 29.9 Å². The molecule has 0 aliphatic heterocycles. The van der Waals surface area contributed by atoms with Crippen LogP contribution in [0.1, 0.15) is 32.3 Å². The van der Waals surface area contributed by atoms with Gasteiger partial charge in [-0.3, -0.25) is 0 Å². The number of rotatable bonds is 3. The van der Waals surface area contributed by atoms with E-state index >= 15 is 0 Å². The lowest BCUT2D eigenvalue weighted by atomic mass is 9.74. The van der Waals surface area contributed by atoms with E-state index in [2.05, 4.69) is 19.9 Å². The lowest BCUT2D eigenvalue weighted by Crippen LogP contribution is -2.30. The summed E-state index contributed by atoms with van der Waals surface area (Å²) in [5, 5.41) is 0. The summed E-state index contributed by atoms with van der Waals surface area (Å²) in [6.45, 7) is 4.50. The second-order valence-corrected chi connectivity index (χ2v) is 5.94. The van der Waals surface area contributed by atoms with Gasteiger partial charge in [-0.25, -0.2) is 0 Å². The van der Waals surface area contributed by atoms with Crippen LogP contribution >= 0.6 is 0 Å². The molecule has 0 fully saturated rings. The van der Waals surface area contributed by atoms with Gasteiger partial charge in [-0.2, -0.15) is 0 Å². The highest BCUT2D eigenvalue weighted by atomic mass is 16.5. The van der Waals surface area contributed by atoms with Gasteiger partial charge in [-0.15, -0.1) is 0 Å². The molecule has 1 aromatic rings. The Hall–Kier alpha value is -1.48. The number of nitrogens with two attached hydrogens (primary N) is 1. The van der Waals surface area contributed by atoms with E-state index in [9.17, 15) is 0 Å². The minimum Gasteiger partial charge on any atom is -0.496 e. The number of hydrogen-bond donors (Lipinski definition) is 1. The Labute approximate surface area is 115 Å². The first-order valence-electron chi connectivity index (χ1n) is 6.64. The zero-order chi connectivity index (χ0) is 14.0. The molecule has 1 aliphatic carbocycles. The second kappa shape index (κ2) is 5.25. The summed E-state index contributed by atoms with van der Waals surface area (Å²) in [6, 6.07) is 5.96. The maximum atomic E-state index is 6.16. The smallest absolute Gasteiger partial charge is 0.130 e. The van der Waals surface area contributed by atoms with Crippen LogP contribution < -0.4 is 15.2 Å². The Morgan fingerprint density at radius 1 is 1.16 bits per heavy atom. The molecule has 104 valence electrons. The molecule has 1 unspecified atom stereocenters. The van der Waals surface area contributed by atoms with E-state index < -0.39 is 0 Å². The van der Waals surface area contributed by atoms with Crippen LogP contribution in [0.2, 0.25) is 0 Å². The van der Waals surface area contributed by atoms with Crippen LogP contribution in [0.15, 0.2) is 24.3 Å². The van der Waals surface area contributed by atoms with Gasteiger partial charge in [0, 0.05) is 6.04 Å².